The van der Waals surface area contributed by atoms with Crippen LogP contribution in [0.2, 0.25) is 0 Å². The highest BCUT2D eigenvalue weighted by molar-refractivity contribution is 6.51. The summed E-state index contributed by atoms with van der Waals surface area (Å²) in [5, 5.41) is 0. The van der Waals surface area contributed by atoms with Gasteiger partial charge in [-0.25, -0.2) is 0 Å². The van der Waals surface area contributed by atoms with Gasteiger partial charge < -0.3 is 23.5 Å². The van der Waals surface area contributed by atoms with E-state index in [0.717, 1.165) is 25.9 Å². The highest BCUT2D eigenvalue weighted by atomic mass is 16.7. The third-order valence-electron chi connectivity index (χ3n) is 4.28. The first kappa shape index (κ1) is 19.7. The lowest BCUT2D eigenvalue weighted by molar-refractivity contribution is -0.107. The van der Waals surface area contributed by atoms with Gasteiger partial charge in [0.15, 0.2) is 6.29 Å². The van der Waals surface area contributed by atoms with Gasteiger partial charge in [-0.3, -0.25) is 0 Å². The Morgan fingerprint density at radius 2 is 1.59 bits per heavy atom. The van der Waals surface area contributed by atoms with Crippen LogP contribution >= 0.6 is 0 Å². The molecule has 0 atom stereocenters. The molecule has 0 bridgehead atoms. The molecule has 0 radical (unpaired) electrons. The van der Waals surface area contributed by atoms with E-state index in [-0.39, 0.29) is 24.6 Å². The molecule has 22 heavy (non-hydrogen) atoms. The Hall–Kier alpha value is -0.395. The third-order valence-corrected chi connectivity index (χ3v) is 4.28. The van der Waals surface area contributed by atoms with Crippen LogP contribution in [0.3, 0.4) is 0 Å². The van der Waals surface area contributed by atoms with E-state index in [2.05, 4.69) is 0 Å². The van der Waals surface area contributed by atoms with Gasteiger partial charge in [0.2, 0.25) is 0 Å². The van der Waals surface area contributed by atoms with Gasteiger partial charge in [-0.2, -0.15) is 0 Å². The van der Waals surface area contributed by atoms with E-state index in [1.165, 1.54) is 0 Å². The van der Waals surface area contributed by atoms with Crippen LogP contribution in [0.25, 0.3) is 0 Å². The summed E-state index contributed by atoms with van der Waals surface area (Å²) in [6.45, 7) is 9.49. The first-order valence-corrected chi connectivity index (χ1v) is 7.98. The number of methoxy groups -OCH3 is 2. The Balaban J connectivity index is 2.08. The SMILES string of the molecule is COC(CCCCOC/C=C/B1OC(C)(C)C(C)(C)O1)OC. The molecule has 0 aromatic rings. The van der Waals surface area contributed by atoms with Crippen molar-refractivity contribution in [1.29, 1.82) is 0 Å². The quantitative estimate of drug-likeness (QED) is 0.352. The summed E-state index contributed by atoms with van der Waals surface area (Å²) in [7, 11) is 3.02. The molecule has 5 nitrogen and oxygen atoms in total. The monoisotopic (exact) mass is 314 g/mol. The van der Waals surface area contributed by atoms with Gasteiger partial charge >= 0.3 is 7.12 Å². The highest BCUT2D eigenvalue weighted by Crippen LogP contribution is 2.36. The predicted molar refractivity (Wildman–Crippen MR) is 87.7 cm³/mol. The summed E-state index contributed by atoms with van der Waals surface area (Å²) in [5.74, 6) is 1.92. The maximum atomic E-state index is 5.87. The van der Waals surface area contributed by atoms with Crippen molar-refractivity contribution in [3.05, 3.63) is 12.1 Å². The topological polar surface area (TPSA) is 46.2 Å². The molecule has 0 spiro atoms. The number of unbranched alkanes of at least 4 members (excludes halogenated alkanes) is 1. The fourth-order valence-electron chi connectivity index (χ4n) is 2.13. The Bertz CT molecular complexity index is 323. The summed E-state index contributed by atoms with van der Waals surface area (Å²) in [6, 6.07) is 0. The molecule has 128 valence electrons. The maximum absolute atomic E-state index is 5.87. The molecule has 6 heteroatoms. The van der Waals surface area contributed by atoms with Gasteiger partial charge in [0.25, 0.3) is 0 Å². The summed E-state index contributed by atoms with van der Waals surface area (Å²) < 4.78 is 27.6. The van der Waals surface area contributed by atoms with Crippen LogP contribution in [0.5, 0.6) is 0 Å². The molecule has 0 aromatic carbocycles. The molecule has 0 N–H and O–H groups in total. The Labute approximate surface area is 135 Å². The van der Waals surface area contributed by atoms with Crippen molar-refractivity contribution in [1.82, 2.24) is 0 Å². The average molecular weight is 314 g/mol. The van der Waals surface area contributed by atoms with E-state index in [0.29, 0.717) is 6.61 Å². The Morgan fingerprint density at radius 3 is 2.14 bits per heavy atom. The van der Waals surface area contributed by atoms with Crippen molar-refractivity contribution >= 4 is 7.12 Å². The zero-order valence-electron chi connectivity index (χ0n) is 14.9. The molecule has 0 aromatic heterocycles. The number of hydrogen-bond donors (Lipinski definition) is 0. The van der Waals surface area contributed by atoms with Crippen LogP contribution in [0.4, 0.5) is 0 Å². The second kappa shape index (κ2) is 9.04. The molecule has 0 saturated carbocycles. The summed E-state index contributed by atoms with van der Waals surface area (Å²) in [6.07, 6.45) is 4.75. The standard InChI is InChI=1S/C16H31BO5/c1-15(2)16(3,4)22-17(21-15)11-9-13-20-12-8-7-10-14(18-5)19-6/h9,11,14H,7-8,10,12-13H2,1-6H3/b11-9+. The minimum atomic E-state index is -0.294. The molecule has 1 rings (SSSR count). The van der Waals surface area contributed by atoms with E-state index in [1.54, 1.807) is 14.2 Å². The van der Waals surface area contributed by atoms with Crippen LogP contribution in [0, 0.1) is 0 Å². The van der Waals surface area contributed by atoms with E-state index < -0.39 is 0 Å². The van der Waals surface area contributed by atoms with Crippen LogP contribution in [0.15, 0.2) is 12.1 Å². The van der Waals surface area contributed by atoms with E-state index in [4.69, 9.17) is 23.5 Å². The lowest BCUT2D eigenvalue weighted by atomic mass is 9.90. The van der Waals surface area contributed by atoms with Crippen molar-refractivity contribution in [2.45, 2.75) is 64.4 Å². The highest BCUT2D eigenvalue weighted by Gasteiger charge is 2.49. The van der Waals surface area contributed by atoms with Crippen LogP contribution in [-0.2, 0) is 23.5 Å². The van der Waals surface area contributed by atoms with Gasteiger partial charge in [0, 0.05) is 20.8 Å². The summed E-state index contributed by atoms with van der Waals surface area (Å²) in [5.41, 5.74) is -0.579. The minimum absolute atomic E-state index is 0.108. The van der Waals surface area contributed by atoms with Crippen molar-refractivity contribution < 1.29 is 23.5 Å². The normalized spacial score (nSPS) is 20.4. The smallest absolute Gasteiger partial charge is 0.400 e. The molecule has 1 fully saturated rings. The summed E-state index contributed by atoms with van der Waals surface area (Å²) >= 11 is 0. The van der Waals surface area contributed by atoms with Crippen molar-refractivity contribution in [2.75, 3.05) is 27.4 Å². The minimum Gasteiger partial charge on any atom is -0.400 e. The maximum Gasteiger partial charge on any atom is 0.486 e. The fraction of sp³-hybridized carbons (Fsp3) is 0.875. The molecule has 1 saturated heterocycles. The molecule has 1 aliphatic heterocycles. The molecular formula is C16H31BO5. The number of rotatable bonds is 10. The molecule has 0 aliphatic carbocycles. The van der Waals surface area contributed by atoms with Gasteiger partial charge in [0.05, 0.1) is 17.8 Å². The molecule has 0 unspecified atom stereocenters. The number of ether oxygens (including phenoxy) is 3. The Morgan fingerprint density at radius 1 is 1.00 bits per heavy atom. The zero-order valence-corrected chi connectivity index (χ0v) is 14.9. The van der Waals surface area contributed by atoms with Gasteiger partial charge in [-0.1, -0.05) is 12.1 Å². The van der Waals surface area contributed by atoms with Crippen LogP contribution in [0.1, 0.15) is 47.0 Å². The molecule has 1 aliphatic rings. The number of hydrogen-bond acceptors (Lipinski definition) is 5. The van der Waals surface area contributed by atoms with Crippen molar-refractivity contribution in [2.24, 2.45) is 0 Å². The molecular weight excluding hydrogens is 283 g/mol. The molecule has 0 amide bonds. The van der Waals surface area contributed by atoms with E-state index in [1.807, 2.05) is 39.7 Å². The average Bonchev–Trinajstić information content (AvgIpc) is 2.65. The fourth-order valence-corrected chi connectivity index (χ4v) is 2.13. The first-order chi connectivity index (χ1) is 10.3. The van der Waals surface area contributed by atoms with E-state index in [9.17, 15) is 0 Å². The van der Waals surface area contributed by atoms with Gasteiger partial charge in [-0.15, -0.1) is 0 Å². The van der Waals surface area contributed by atoms with Crippen LogP contribution < -0.4 is 0 Å². The lowest BCUT2D eigenvalue weighted by Gasteiger charge is -2.32. The second-order valence-electron chi connectivity index (χ2n) is 6.52. The Kier molecular flexibility index (Phi) is 8.07. The predicted octanol–water partition coefficient (Wildman–Crippen LogP) is 2.98. The van der Waals surface area contributed by atoms with Gasteiger partial charge in [-0.05, 0) is 47.0 Å². The van der Waals surface area contributed by atoms with Gasteiger partial charge in [0.1, 0.15) is 0 Å². The lowest BCUT2D eigenvalue weighted by Crippen LogP contribution is -2.41. The molecule has 1 heterocycles. The largest absolute Gasteiger partial charge is 0.486 e. The van der Waals surface area contributed by atoms with Crippen LogP contribution in [-0.4, -0.2) is 52.0 Å². The second-order valence-corrected chi connectivity index (χ2v) is 6.52. The first-order valence-electron chi connectivity index (χ1n) is 7.98. The zero-order chi connectivity index (χ0) is 16.6. The summed E-state index contributed by atoms with van der Waals surface area (Å²) in [4.78, 5) is 0. The van der Waals surface area contributed by atoms with Crippen molar-refractivity contribution in [3.8, 4) is 0 Å². The van der Waals surface area contributed by atoms with Crippen molar-refractivity contribution in [3.63, 3.8) is 0 Å². The third kappa shape index (κ3) is 6.01. The van der Waals surface area contributed by atoms with E-state index >= 15 is 0 Å².